The SMILES string of the molecule is CN=C(NCCc1ccc(NC(C)=O)cc1)NCC(c1cccs1)N1CCCC1.I. The van der Waals surface area contributed by atoms with Gasteiger partial charge in [0, 0.05) is 37.6 Å². The lowest BCUT2D eigenvalue weighted by atomic mass is 10.1. The number of carbonyl (C=O) groups excluding carboxylic acids is 1. The molecular formula is C22H32IN5OS. The fraction of sp³-hybridized carbons (Fsp3) is 0.455. The Morgan fingerprint density at radius 1 is 1.17 bits per heavy atom. The first-order valence-corrected chi connectivity index (χ1v) is 11.1. The lowest BCUT2D eigenvalue weighted by Crippen LogP contribution is -2.43. The van der Waals surface area contributed by atoms with Gasteiger partial charge in [0.05, 0.1) is 6.04 Å². The molecule has 1 saturated heterocycles. The third-order valence-electron chi connectivity index (χ3n) is 5.12. The monoisotopic (exact) mass is 541 g/mol. The molecule has 1 aromatic carbocycles. The Hall–Kier alpha value is -1.65. The average molecular weight is 542 g/mol. The summed E-state index contributed by atoms with van der Waals surface area (Å²) >= 11 is 1.83. The molecule has 1 amide bonds. The van der Waals surface area contributed by atoms with E-state index in [0.29, 0.717) is 6.04 Å². The smallest absolute Gasteiger partial charge is 0.221 e. The zero-order chi connectivity index (χ0) is 20.5. The molecule has 6 nitrogen and oxygen atoms in total. The number of thiophene rings is 1. The maximum Gasteiger partial charge on any atom is 0.221 e. The zero-order valence-electron chi connectivity index (χ0n) is 17.7. The number of rotatable bonds is 8. The number of likely N-dealkylation sites (tertiary alicyclic amines) is 1. The predicted molar refractivity (Wildman–Crippen MR) is 137 cm³/mol. The fourth-order valence-electron chi connectivity index (χ4n) is 3.64. The van der Waals surface area contributed by atoms with Gasteiger partial charge in [-0.2, -0.15) is 0 Å². The topological polar surface area (TPSA) is 68.8 Å². The van der Waals surface area contributed by atoms with E-state index in [0.717, 1.165) is 31.2 Å². The number of carbonyl (C=O) groups is 1. The maximum atomic E-state index is 11.1. The van der Waals surface area contributed by atoms with E-state index in [1.165, 1.54) is 43.3 Å². The Bertz CT molecular complexity index is 788. The van der Waals surface area contributed by atoms with Crippen LogP contribution in [0.5, 0.6) is 0 Å². The number of anilines is 1. The number of guanidine groups is 1. The van der Waals surface area contributed by atoms with E-state index in [9.17, 15) is 4.79 Å². The van der Waals surface area contributed by atoms with Gasteiger partial charge in [-0.25, -0.2) is 0 Å². The molecule has 1 aliphatic rings. The Morgan fingerprint density at radius 2 is 1.90 bits per heavy atom. The molecular weight excluding hydrogens is 509 g/mol. The molecule has 1 atom stereocenters. The lowest BCUT2D eigenvalue weighted by molar-refractivity contribution is -0.114. The summed E-state index contributed by atoms with van der Waals surface area (Å²) in [4.78, 5) is 19.5. The normalized spacial score (nSPS) is 15.3. The summed E-state index contributed by atoms with van der Waals surface area (Å²) in [5.74, 6) is 0.782. The van der Waals surface area contributed by atoms with Crippen molar-refractivity contribution in [1.82, 2.24) is 15.5 Å². The molecule has 8 heteroatoms. The summed E-state index contributed by atoms with van der Waals surface area (Å²) in [7, 11) is 1.81. The summed E-state index contributed by atoms with van der Waals surface area (Å²) in [6.07, 6.45) is 3.46. The predicted octanol–water partition coefficient (Wildman–Crippen LogP) is 3.87. The summed E-state index contributed by atoms with van der Waals surface area (Å²) < 4.78 is 0. The second-order valence-corrected chi connectivity index (χ2v) is 8.26. The van der Waals surface area contributed by atoms with Crippen LogP contribution in [0.4, 0.5) is 5.69 Å². The van der Waals surface area contributed by atoms with E-state index in [4.69, 9.17) is 0 Å². The first-order chi connectivity index (χ1) is 14.2. The number of nitrogens with zero attached hydrogens (tertiary/aromatic N) is 2. The van der Waals surface area contributed by atoms with Crippen LogP contribution in [0.1, 0.15) is 36.2 Å². The van der Waals surface area contributed by atoms with Crippen LogP contribution in [0.15, 0.2) is 46.8 Å². The quantitative estimate of drug-likeness (QED) is 0.270. The van der Waals surface area contributed by atoms with Crippen molar-refractivity contribution >= 4 is 52.9 Å². The fourth-order valence-corrected chi connectivity index (χ4v) is 4.50. The molecule has 3 rings (SSSR count). The van der Waals surface area contributed by atoms with Gasteiger partial charge in [-0.3, -0.25) is 14.7 Å². The van der Waals surface area contributed by atoms with Gasteiger partial charge >= 0.3 is 0 Å². The largest absolute Gasteiger partial charge is 0.356 e. The molecule has 1 fully saturated rings. The summed E-state index contributed by atoms with van der Waals surface area (Å²) in [6, 6.07) is 12.7. The summed E-state index contributed by atoms with van der Waals surface area (Å²) in [5.41, 5.74) is 2.05. The molecule has 2 aromatic rings. The number of nitrogens with one attached hydrogen (secondary N) is 3. The molecule has 164 valence electrons. The van der Waals surface area contributed by atoms with Crippen LogP contribution in [-0.4, -0.2) is 50.0 Å². The van der Waals surface area contributed by atoms with Crippen LogP contribution in [-0.2, 0) is 11.2 Å². The lowest BCUT2D eigenvalue weighted by Gasteiger charge is -2.27. The molecule has 0 saturated carbocycles. The van der Waals surface area contributed by atoms with E-state index in [-0.39, 0.29) is 29.9 Å². The standard InChI is InChI=1S/C22H31N5OS.HI/c1-17(28)26-19-9-7-18(8-10-19)11-12-24-22(23-2)25-16-20(21-6-5-15-29-21)27-13-3-4-14-27;/h5-10,15,20H,3-4,11-14,16H2,1-2H3,(H,26,28)(H2,23,24,25);1H. The highest BCUT2D eigenvalue weighted by Crippen LogP contribution is 2.27. The molecule has 1 aliphatic heterocycles. The summed E-state index contributed by atoms with van der Waals surface area (Å²) in [5, 5.41) is 11.9. The number of benzene rings is 1. The third kappa shape index (κ3) is 7.55. The maximum absolute atomic E-state index is 11.1. The molecule has 0 aliphatic carbocycles. The van der Waals surface area contributed by atoms with Crippen LogP contribution in [0, 0.1) is 0 Å². The first kappa shape index (κ1) is 24.6. The molecule has 2 heterocycles. The molecule has 0 bridgehead atoms. The molecule has 1 unspecified atom stereocenters. The second kappa shape index (κ2) is 12.9. The Kier molecular flexibility index (Phi) is 10.6. The minimum Gasteiger partial charge on any atom is -0.356 e. The van der Waals surface area contributed by atoms with Crippen molar-refractivity contribution in [3.63, 3.8) is 0 Å². The van der Waals surface area contributed by atoms with Gasteiger partial charge in [-0.15, -0.1) is 35.3 Å². The van der Waals surface area contributed by atoms with Gasteiger partial charge in [0.25, 0.3) is 0 Å². The van der Waals surface area contributed by atoms with Gasteiger partial charge in [0.1, 0.15) is 0 Å². The van der Waals surface area contributed by atoms with Crippen LogP contribution in [0.3, 0.4) is 0 Å². The Balaban J connectivity index is 0.00000320. The number of halogens is 1. The molecule has 0 spiro atoms. The third-order valence-corrected chi connectivity index (χ3v) is 6.09. The van der Waals surface area contributed by atoms with Gasteiger partial charge < -0.3 is 16.0 Å². The summed E-state index contributed by atoms with van der Waals surface area (Å²) in [6.45, 7) is 5.51. The molecule has 30 heavy (non-hydrogen) atoms. The number of hydrogen-bond donors (Lipinski definition) is 3. The number of amides is 1. The molecule has 1 aromatic heterocycles. The second-order valence-electron chi connectivity index (χ2n) is 7.28. The van der Waals surface area contributed by atoms with E-state index in [2.05, 4.69) is 43.4 Å². The van der Waals surface area contributed by atoms with Crippen molar-refractivity contribution in [2.45, 2.75) is 32.2 Å². The minimum atomic E-state index is -0.0518. The average Bonchev–Trinajstić information content (AvgIpc) is 3.42. The van der Waals surface area contributed by atoms with Crippen LogP contribution >= 0.6 is 35.3 Å². The number of hydrogen-bond acceptors (Lipinski definition) is 4. The Labute approximate surface area is 200 Å². The van der Waals surface area contributed by atoms with Crippen LogP contribution in [0.25, 0.3) is 0 Å². The van der Waals surface area contributed by atoms with Crippen molar-refractivity contribution in [3.8, 4) is 0 Å². The van der Waals surface area contributed by atoms with Gasteiger partial charge in [-0.05, 0) is 61.5 Å². The van der Waals surface area contributed by atoms with Crippen molar-refractivity contribution < 1.29 is 4.79 Å². The van der Waals surface area contributed by atoms with Crippen molar-refractivity contribution in [2.24, 2.45) is 4.99 Å². The minimum absolute atomic E-state index is 0. The molecule has 0 radical (unpaired) electrons. The first-order valence-electron chi connectivity index (χ1n) is 10.2. The van der Waals surface area contributed by atoms with E-state index < -0.39 is 0 Å². The van der Waals surface area contributed by atoms with Crippen LogP contribution in [0.2, 0.25) is 0 Å². The van der Waals surface area contributed by atoms with Crippen molar-refractivity contribution in [3.05, 3.63) is 52.2 Å². The zero-order valence-corrected chi connectivity index (χ0v) is 20.8. The van der Waals surface area contributed by atoms with E-state index in [1.54, 1.807) is 0 Å². The van der Waals surface area contributed by atoms with Crippen molar-refractivity contribution in [1.29, 1.82) is 0 Å². The highest BCUT2D eigenvalue weighted by molar-refractivity contribution is 14.0. The Morgan fingerprint density at radius 3 is 2.50 bits per heavy atom. The van der Waals surface area contributed by atoms with Gasteiger partial charge in [0.2, 0.25) is 5.91 Å². The van der Waals surface area contributed by atoms with E-state index >= 15 is 0 Å². The molecule has 3 N–H and O–H groups in total. The highest BCUT2D eigenvalue weighted by Gasteiger charge is 2.24. The van der Waals surface area contributed by atoms with Gasteiger partial charge in [0.15, 0.2) is 5.96 Å². The number of aliphatic imine (C=N–C) groups is 1. The highest BCUT2D eigenvalue weighted by atomic mass is 127. The van der Waals surface area contributed by atoms with Crippen molar-refractivity contribution in [2.75, 3.05) is 38.5 Å². The van der Waals surface area contributed by atoms with Crippen LogP contribution < -0.4 is 16.0 Å². The van der Waals surface area contributed by atoms with Gasteiger partial charge in [-0.1, -0.05) is 18.2 Å². The van der Waals surface area contributed by atoms with E-state index in [1.807, 2.05) is 42.6 Å².